The molecule has 18 heavy (non-hydrogen) atoms. The molecule has 4 nitrogen and oxygen atoms in total. The van der Waals surface area contributed by atoms with Crippen LogP contribution >= 0.6 is 11.6 Å². The van der Waals surface area contributed by atoms with Crippen LogP contribution in [0, 0.1) is 0 Å². The topological polar surface area (TPSA) is 67.1 Å². The molecule has 0 atom stereocenters. The molecule has 0 saturated carbocycles. The number of carbonyl (C=O) groups excluding carboxylic acids is 1. The van der Waals surface area contributed by atoms with Crippen LogP contribution in [0.2, 0.25) is 5.02 Å². The Hall–Kier alpha value is -1.26. The fourth-order valence-corrected chi connectivity index (χ4v) is 2.52. The van der Waals surface area contributed by atoms with E-state index in [0.29, 0.717) is 10.6 Å². The van der Waals surface area contributed by atoms with Crippen LogP contribution in [-0.4, -0.2) is 24.5 Å². The second-order valence-corrected chi connectivity index (χ2v) is 5.40. The summed E-state index contributed by atoms with van der Waals surface area (Å²) < 4.78 is 0. The standard InChI is InChI=1S/C13H18ClN3O/c1-13(4-6-16-7-5-13)17-9-2-3-10(12(15)18)11(14)8-9/h2-3,8,16-17H,4-7H2,1H3,(H2,15,18). The van der Waals surface area contributed by atoms with Crippen molar-refractivity contribution in [2.75, 3.05) is 18.4 Å². The van der Waals surface area contributed by atoms with E-state index in [4.69, 9.17) is 17.3 Å². The van der Waals surface area contributed by atoms with Crippen molar-refractivity contribution in [3.05, 3.63) is 28.8 Å². The molecule has 1 aliphatic rings. The third-order valence-electron chi connectivity index (χ3n) is 3.39. The SMILES string of the molecule is CC1(Nc2ccc(C(N)=O)c(Cl)c2)CCNCC1. The maximum absolute atomic E-state index is 11.1. The molecule has 98 valence electrons. The van der Waals surface area contributed by atoms with Crippen LogP contribution in [0.5, 0.6) is 0 Å². The molecule has 4 N–H and O–H groups in total. The lowest BCUT2D eigenvalue weighted by atomic mass is 9.90. The third-order valence-corrected chi connectivity index (χ3v) is 3.70. The summed E-state index contributed by atoms with van der Waals surface area (Å²) in [5, 5.41) is 7.22. The van der Waals surface area contributed by atoms with E-state index in [1.54, 1.807) is 12.1 Å². The summed E-state index contributed by atoms with van der Waals surface area (Å²) in [6.07, 6.45) is 2.12. The highest BCUT2D eigenvalue weighted by Crippen LogP contribution is 2.27. The quantitative estimate of drug-likeness (QED) is 0.785. The minimum atomic E-state index is -0.500. The molecule has 5 heteroatoms. The minimum absolute atomic E-state index is 0.0722. The van der Waals surface area contributed by atoms with Gasteiger partial charge in [0.05, 0.1) is 10.6 Å². The normalized spacial score (nSPS) is 18.3. The summed E-state index contributed by atoms with van der Waals surface area (Å²) >= 11 is 6.03. The largest absolute Gasteiger partial charge is 0.380 e. The number of carbonyl (C=O) groups is 1. The van der Waals surface area contributed by atoms with Crippen LogP contribution in [-0.2, 0) is 0 Å². The molecule has 0 radical (unpaired) electrons. The predicted octanol–water partition coefficient (Wildman–Crippen LogP) is 1.99. The molecular weight excluding hydrogens is 250 g/mol. The monoisotopic (exact) mass is 267 g/mol. The molecule has 1 heterocycles. The number of rotatable bonds is 3. The van der Waals surface area contributed by atoms with Crippen molar-refractivity contribution in [2.24, 2.45) is 5.73 Å². The van der Waals surface area contributed by atoms with Crippen molar-refractivity contribution in [1.29, 1.82) is 0 Å². The predicted molar refractivity (Wildman–Crippen MR) is 74.1 cm³/mol. The van der Waals surface area contributed by atoms with Crippen LogP contribution in [0.4, 0.5) is 5.69 Å². The lowest BCUT2D eigenvalue weighted by Crippen LogP contribution is -2.45. The van der Waals surface area contributed by atoms with Gasteiger partial charge in [0.25, 0.3) is 0 Å². The Balaban J connectivity index is 2.14. The highest BCUT2D eigenvalue weighted by molar-refractivity contribution is 6.34. The number of primary amides is 1. The number of nitrogens with one attached hydrogen (secondary N) is 2. The molecule has 0 spiro atoms. The highest BCUT2D eigenvalue weighted by atomic mass is 35.5. The van der Waals surface area contributed by atoms with Crippen LogP contribution in [0.15, 0.2) is 18.2 Å². The molecule has 1 amide bonds. The van der Waals surface area contributed by atoms with E-state index in [1.807, 2.05) is 6.07 Å². The van der Waals surface area contributed by atoms with Gasteiger partial charge in [-0.1, -0.05) is 11.6 Å². The van der Waals surface area contributed by atoms with Crippen LogP contribution in [0.3, 0.4) is 0 Å². The van der Waals surface area contributed by atoms with Gasteiger partial charge >= 0.3 is 0 Å². The average Bonchev–Trinajstić information content (AvgIpc) is 2.28. The Morgan fingerprint density at radius 2 is 2.11 bits per heavy atom. The zero-order valence-corrected chi connectivity index (χ0v) is 11.2. The fourth-order valence-electron chi connectivity index (χ4n) is 2.24. The number of amides is 1. The van der Waals surface area contributed by atoms with Gasteiger partial charge in [0, 0.05) is 11.2 Å². The number of piperidine rings is 1. The molecule has 1 aliphatic heterocycles. The number of anilines is 1. The van der Waals surface area contributed by atoms with Crippen molar-refractivity contribution in [2.45, 2.75) is 25.3 Å². The van der Waals surface area contributed by atoms with E-state index in [2.05, 4.69) is 17.6 Å². The van der Waals surface area contributed by atoms with Crippen molar-refractivity contribution >= 4 is 23.2 Å². The van der Waals surface area contributed by atoms with Gasteiger partial charge in [-0.3, -0.25) is 4.79 Å². The van der Waals surface area contributed by atoms with Crippen LogP contribution in [0.25, 0.3) is 0 Å². The summed E-state index contributed by atoms with van der Waals surface area (Å²) in [6, 6.07) is 5.27. The fraction of sp³-hybridized carbons (Fsp3) is 0.462. The maximum Gasteiger partial charge on any atom is 0.250 e. The zero-order chi connectivity index (χ0) is 13.2. The van der Waals surface area contributed by atoms with Gasteiger partial charge in [-0.25, -0.2) is 0 Å². The lowest BCUT2D eigenvalue weighted by molar-refractivity contribution is 0.100. The highest BCUT2D eigenvalue weighted by Gasteiger charge is 2.26. The Kier molecular flexibility index (Phi) is 3.78. The number of nitrogens with two attached hydrogens (primary N) is 1. The molecule has 2 rings (SSSR count). The summed E-state index contributed by atoms with van der Waals surface area (Å²) in [6.45, 7) is 4.22. The molecule has 1 aromatic carbocycles. The first-order chi connectivity index (χ1) is 8.50. The molecule has 1 aromatic rings. The lowest BCUT2D eigenvalue weighted by Gasteiger charge is -2.36. The van der Waals surface area contributed by atoms with Crippen molar-refractivity contribution in [3.8, 4) is 0 Å². The van der Waals surface area contributed by atoms with E-state index in [0.717, 1.165) is 31.6 Å². The van der Waals surface area contributed by atoms with Gasteiger partial charge < -0.3 is 16.4 Å². The van der Waals surface area contributed by atoms with Gasteiger partial charge in [0.2, 0.25) is 5.91 Å². The van der Waals surface area contributed by atoms with Gasteiger partial charge in [0.15, 0.2) is 0 Å². The third kappa shape index (κ3) is 2.94. The first-order valence-electron chi connectivity index (χ1n) is 6.08. The minimum Gasteiger partial charge on any atom is -0.380 e. The Morgan fingerprint density at radius 3 is 2.67 bits per heavy atom. The first kappa shape index (κ1) is 13.2. The first-order valence-corrected chi connectivity index (χ1v) is 6.46. The van der Waals surface area contributed by atoms with Crippen LogP contribution < -0.4 is 16.4 Å². The van der Waals surface area contributed by atoms with E-state index < -0.39 is 5.91 Å². The smallest absolute Gasteiger partial charge is 0.250 e. The molecule has 0 bridgehead atoms. The van der Waals surface area contributed by atoms with Crippen molar-refractivity contribution < 1.29 is 4.79 Å². The summed E-state index contributed by atoms with van der Waals surface area (Å²) in [5.41, 5.74) is 6.58. The molecule has 0 unspecified atom stereocenters. The number of benzene rings is 1. The van der Waals surface area contributed by atoms with Gasteiger partial charge in [-0.2, -0.15) is 0 Å². The van der Waals surface area contributed by atoms with Crippen molar-refractivity contribution in [1.82, 2.24) is 5.32 Å². The van der Waals surface area contributed by atoms with Gasteiger partial charge in [-0.05, 0) is 51.1 Å². The number of halogens is 1. The molecule has 0 aromatic heterocycles. The second kappa shape index (κ2) is 5.16. The maximum atomic E-state index is 11.1. The Morgan fingerprint density at radius 1 is 1.44 bits per heavy atom. The van der Waals surface area contributed by atoms with Gasteiger partial charge in [0.1, 0.15) is 0 Å². The zero-order valence-electron chi connectivity index (χ0n) is 10.4. The molecular formula is C13H18ClN3O. The van der Waals surface area contributed by atoms with Crippen LogP contribution in [0.1, 0.15) is 30.1 Å². The summed E-state index contributed by atoms with van der Waals surface area (Å²) in [4.78, 5) is 11.1. The molecule has 1 fully saturated rings. The van der Waals surface area contributed by atoms with E-state index in [9.17, 15) is 4.79 Å². The van der Waals surface area contributed by atoms with Crippen molar-refractivity contribution in [3.63, 3.8) is 0 Å². The Labute approximate surface area is 112 Å². The number of hydrogen-bond donors (Lipinski definition) is 3. The molecule has 0 aliphatic carbocycles. The van der Waals surface area contributed by atoms with E-state index in [1.165, 1.54) is 0 Å². The average molecular weight is 268 g/mol. The summed E-state index contributed by atoms with van der Waals surface area (Å²) in [7, 11) is 0. The summed E-state index contributed by atoms with van der Waals surface area (Å²) in [5.74, 6) is -0.500. The van der Waals surface area contributed by atoms with Gasteiger partial charge in [-0.15, -0.1) is 0 Å². The number of hydrogen-bond acceptors (Lipinski definition) is 3. The second-order valence-electron chi connectivity index (χ2n) is 4.99. The Bertz CT molecular complexity index is 456. The van der Waals surface area contributed by atoms with E-state index >= 15 is 0 Å². The van der Waals surface area contributed by atoms with E-state index in [-0.39, 0.29) is 5.54 Å². The molecule has 1 saturated heterocycles.